The van der Waals surface area contributed by atoms with Gasteiger partial charge in [0.2, 0.25) is 0 Å². The fourth-order valence-electron chi connectivity index (χ4n) is 3.87. The van der Waals surface area contributed by atoms with Crippen LogP contribution in [0, 0.1) is 6.92 Å². The van der Waals surface area contributed by atoms with E-state index in [0.29, 0.717) is 37.6 Å². The van der Waals surface area contributed by atoms with E-state index in [2.05, 4.69) is 56.5 Å². The van der Waals surface area contributed by atoms with E-state index in [1.165, 1.54) is 0 Å². The van der Waals surface area contributed by atoms with Gasteiger partial charge in [-0.3, -0.25) is 0 Å². The van der Waals surface area contributed by atoms with Crippen molar-refractivity contribution in [1.29, 1.82) is 0 Å². The minimum Gasteiger partial charge on any atom is -0.494 e. The van der Waals surface area contributed by atoms with E-state index in [1.54, 1.807) is 13.8 Å². The third-order valence-electron chi connectivity index (χ3n) is 6.31. The second-order valence-electron chi connectivity index (χ2n) is 10.3. The van der Waals surface area contributed by atoms with Crippen molar-refractivity contribution >= 4 is 24.1 Å². The van der Waals surface area contributed by atoms with E-state index in [1.807, 2.05) is 18.2 Å². The molecule has 0 saturated heterocycles. The Morgan fingerprint density at radius 1 is 0.634 bits per heavy atom. The van der Waals surface area contributed by atoms with E-state index >= 15 is 0 Å². The number of esters is 2. The molecule has 0 aliphatic carbocycles. The summed E-state index contributed by atoms with van der Waals surface area (Å²) in [6, 6.07) is 14.3. The van der Waals surface area contributed by atoms with Crippen molar-refractivity contribution in [3.8, 4) is 11.5 Å². The molecular weight excluding hydrogens is 516 g/mol. The van der Waals surface area contributed by atoms with Crippen molar-refractivity contribution in [2.75, 3.05) is 26.4 Å². The molecule has 0 heterocycles. The van der Waals surface area contributed by atoms with Crippen LogP contribution in [0.2, 0.25) is 0 Å². The molecule has 0 spiro atoms. The molecule has 0 fully saturated rings. The molecular formula is C35H46O6. The van der Waals surface area contributed by atoms with Crippen LogP contribution in [0.15, 0.2) is 66.8 Å². The number of ether oxygens (including phenoxy) is 4. The van der Waals surface area contributed by atoms with Crippen molar-refractivity contribution in [2.45, 2.75) is 72.1 Å². The van der Waals surface area contributed by atoms with Crippen molar-refractivity contribution in [3.63, 3.8) is 0 Å². The molecule has 6 heteroatoms. The summed E-state index contributed by atoms with van der Waals surface area (Å²) in [7, 11) is 0. The van der Waals surface area contributed by atoms with Gasteiger partial charge in [0.25, 0.3) is 0 Å². The molecule has 0 atom stereocenters. The lowest BCUT2D eigenvalue weighted by atomic mass is 10.1. The summed E-state index contributed by atoms with van der Waals surface area (Å²) in [4.78, 5) is 22.7. The number of benzene rings is 2. The third-order valence-corrected chi connectivity index (χ3v) is 6.31. The second kappa shape index (κ2) is 19.3. The standard InChI is InChI=1S/C35H46O6/c1-27(2)34(36)40-24-12-8-6-10-22-38-32-19-16-30(17-20-32)14-15-31-18-21-33(29(5)26-31)39-23-11-7-9-13-25-41-35(37)28(3)4/h14-21,26H,1,3,6-13,22-25H2,2,4-5H3/b15-14+. The van der Waals surface area contributed by atoms with Crippen LogP contribution in [0.5, 0.6) is 11.5 Å². The highest BCUT2D eigenvalue weighted by atomic mass is 16.5. The van der Waals surface area contributed by atoms with Gasteiger partial charge in [-0.05, 0) is 113 Å². The zero-order valence-corrected chi connectivity index (χ0v) is 25.0. The Morgan fingerprint density at radius 2 is 1.10 bits per heavy atom. The maximum absolute atomic E-state index is 11.3. The van der Waals surface area contributed by atoms with E-state index in [4.69, 9.17) is 18.9 Å². The lowest BCUT2D eigenvalue weighted by Crippen LogP contribution is -2.06. The normalized spacial score (nSPS) is 10.8. The molecule has 222 valence electrons. The Kier molecular flexibility index (Phi) is 15.7. The van der Waals surface area contributed by atoms with Crippen LogP contribution >= 0.6 is 0 Å². The van der Waals surface area contributed by atoms with Crippen LogP contribution in [-0.2, 0) is 19.1 Å². The number of carbonyl (C=O) groups excluding carboxylic acids is 2. The lowest BCUT2D eigenvalue weighted by Gasteiger charge is -2.10. The first-order valence-corrected chi connectivity index (χ1v) is 14.6. The highest BCUT2D eigenvalue weighted by Crippen LogP contribution is 2.22. The number of hydrogen-bond acceptors (Lipinski definition) is 6. The van der Waals surface area contributed by atoms with E-state index in [0.717, 1.165) is 79.6 Å². The summed E-state index contributed by atoms with van der Waals surface area (Å²) in [5, 5.41) is 0. The molecule has 2 aromatic rings. The van der Waals surface area contributed by atoms with Gasteiger partial charge in [0.05, 0.1) is 26.4 Å². The summed E-state index contributed by atoms with van der Waals surface area (Å²) in [5.41, 5.74) is 4.21. The number of carbonyl (C=O) groups is 2. The molecule has 0 aromatic heterocycles. The Bertz CT molecular complexity index is 1150. The summed E-state index contributed by atoms with van der Waals surface area (Å²) in [5.74, 6) is 1.13. The highest BCUT2D eigenvalue weighted by molar-refractivity contribution is 5.87. The van der Waals surface area contributed by atoms with Gasteiger partial charge in [0.1, 0.15) is 11.5 Å². The van der Waals surface area contributed by atoms with Crippen molar-refractivity contribution in [3.05, 3.63) is 83.5 Å². The Labute approximate surface area is 246 Å². The maximum Gasteiger partial charge on any atom is 0.333 e. The van der Waals surface area contributed by atoms with Crippen LogP contribution in [0.4, 0.5) is 0 Å². The average Bonchev–Trinajstić information content (AvgIpc) is 2.95. The van der Waals surface area contributed by atoms with Gasteiger partial charge < -0.3 is 18.9 Å². The molecule has 2 aromatic carbocycles. The molecule has 0 aliphatic heterocycles. The van der Waals surface area contributed by atoms with Crippen LogP contribution < -0.4 is 9.47 Å². The molecule has 0 bridgehead atoms. The predicted octanol–water partition coefficient (Wildman–Crippen LogP) is 8.28. The Balaban J connectivity index is 1.61. The molecule has 0 N–H and O–H groups in total. The predicted molar refractivity (Wildman–Crippen MR) is 166 cm³/mol. The topological polar surface area (TPSA) is 71.1 Å². The monoisotopic (exact) mass is 562 g/mol. The minimum absolute atomic E-state index is 0.317. The number of aryl methyl sites for hydroxylation is 1. The van der Waals surface area contributed by atoms with Gasteiger partial charge in [-0.1, -0.05) is 43.5 Å². The highest BCUT2D eigenvalue weighted by Gasteiger charge is 2.04. The molecule has 41 heavy (non-hydrogen) atoms. The number of unbranched alkanes of at least 4 members (excludes halogenated alkanes) is 6. The third kappa shape index (κ3) is 14.4. The number of rotatable bonds is 20. The minimum atomic E-state index is -0.318. The van der Waals surface area contributed by atoms with E-state index in [-0.39, 0.29) is 11.9 Å². The van der Waals surface area contributed by atoms with E-state index in [9.17, 15) is 9.59 Å². The lowest BCUT2D eigenvalue weighted by molar-refractivity contribution is -0.139. The van der Waals surface area contributed by atoms with Crippen molar-refractivity contribution in [2.24, 2.45) is 0 Å². The van der Waals surface area contributed by atoms with Crippen LogP contribution in [0.25, 0.3) is 12.2 Å². The number of hydrogen-bond donors (Lipinski definition) is 0. The first kappa shape index (κ1) is 33.4. The SMILES string of the molecule is C=C(C)C(=O)OCCCCCCOc1ccc(/C=C/c2ccc(OCCCCCCOC(=O)C(=C)C)c(C)c2)cc1. The van der Waals surface area contributed by atoms with Gasteiger partial charge in [0, 0.05) is 11.1 Å². The quantitative estimate of drug-likeness (QED) is 0.0700. The fraction of sp³-hybridized carbons (Fsp3) is 0.429. The smallest absolute Gasteiger partial charge is 0.333 e. The van der Waals surface area contributed by atoms with Gasteiger partial charge in [0.15, 0.2) is 0 Å². The van der Waals surface area contributed by atoms with Crippen LogP contribution in [-0.4, -0.2) is 38.4 Å². The molecule has 0 aliphatic rings. The summed E-state index contributed by atoms with van der Waals surface area (Å²) in [6.45, 7) is 14.7. The van der Waals surface area contributed by atoms with Crippen LogP contribution in [0.1, 0.15) is 81.9 Å². The largest absolute Gasteiger partial charge is 0.494 e. The first-order valence-electron chi connectivity index (χ1n) is 14.6. The molecule has 0 saturated carbocycles. The molecule has 6 nitrogen and oxygen atoms in total. The zero-order valence-electron chi connectivity index (χ0n) is 25.0. The van der Waals surface area contributed by atoms with Gasteiger partial charge in [-0.2, -0.15) is 0 Å². The fourth-order valence-corrected chi connectivity index (χ4v) is 3.87. The van der Waals surface area contributed by atoms with E-state index < -0.39 is 0 Å². The van der Waals surface area contributed by atoms with Crippen molar-refractivity contribution in [1.82, 2.24) is 0 Å². The summed E-state index contributed by atoms with van der Waals surface area (Å²) in [6.07, 6.45) is 11.9. The zero-order chi connectivity index (χ0) is 29.9. The molecule has 0 unspecified atom stereocenters. The maximum atomic E-state index is 11.3. The van der Waals surface area contributed by atoms with Gasteiger partial charge in [-0.25, -0.2) is 9.59 Å². The van der Waals surface area contributed by atoms with Gasteiger partial charge in [-0.15, -0.1) is 0 Å². The van der Waals surface area contributed by atoms with Crippen molar-refractivity contribution < 1.29 is 28.5 Å². The first-order chi connectivity index (χ1) is 19.8. The summed E-state index contributed by atoms with van der Waals surface area (Å²) >= 11 is 0. The van der Waals surface area contributed by atoms with Gasteiger partial charge >= 0.3 is 11.9 Å². The molecule has 2 rings (SSSR count). The second-order valence-corrected chi connectivity index (χ2v) is 10.3. The molecule has 0 radical (unpaired) electrons. The Hall–Kier alpha value is -3.80. The Morgan fingerprint density at radius 3 is 1.61 bits per heavy atom. The average molecular weight is 563 g/mol. The summed E-state index contributed by atoms with van der Waals surface area (Å²) < 4.78 is 22.0. The van der Waals surface area contributed by atoms with Crippen LogP contribution in [0.3, 0.4) is 0 Å². The molecule has 0 amide bonds.